The highest BCUT2D eigenvalue weighted by molar-refractivity contribution is 6.03. The van der Waals surface area contributed by atoms with Crippen LogP contribution in [0.15, 0.2) is 73.6 Å². The number of carbonyl (C=O) groups excluding carboxylic acids is 1. The summed E-state index contributed by atoms with van der Waals surface area (Å²) in [6, 6.07) is 14.1. The van der Waals surface area contributed by atoms with E-state index in [0.29, 0.717) is 46.0 Å². The van der Waals surface area contributed by atoms with Crippen LogP contribution in [0.1, 0.15) is 6.42 Å². The summed E-state index contributed by atoms with van der Waals surface area (Å²) < 4.78 is 33.9. The van der Waals surface area contributed by atoms with Crippen LogP contribution in [0.2, 0.25) is 0 Å². The average Bonchev–Trinajstić information content (AvgIpc) is 2.97. The van der Waals surface area contributed by atoms with E-state index in [-0.39, 0.29) is 11.5 Å². The molecule has 212 valence electrons. The van der Waals surface area contributed by atoms with Crippen molar-refractivity contribution in [3.8, 4) is 16.9 Å². The van der Waals surface area contributed by atoms with Gasteiger partial charge >= 0.3 is 0 Å². The molecule has 1 saturated heterocycles. The zero-order chi connectivity index (χ0) is 28.8. The molecule has 0 aliphatic carbocycles. The Morgan fingerprint density at radius 3 is 2.68 bits per heavy atom. The Kier molecular flexibility index (Phi) is 8.81. The van der Waals surface area contributed by atoms with Gasteiger partial charge in [0.25, 0.3) is 0 Å². The minimum atomic E-state index is -0.645. The number of anilines is 3. The molecule has 1 aliphatic rings. The summed E-state index contributed by atoms with van der Waals surface area (Å²) in [5, 5.41) is 6.74. The van der Waals surface area contributed by atoms with Crippen LogP contribution in [0, 0.1) is 11.6 Å². The van der Waals surface area contributed by atoms with Gasteiger partial charge in [0.15, 0.2) is 0 Å². The van der Waals surface area contributed by atoms with Gasteiger partial charge in [0.2, 0.25) is 5.91 Å². The summed E-state index contributed by atoms with van der Waals surface area (Å²) in [5.74, 6) is -0.655. The molecule has 10 heteroatoms. The van der Waals surface area contributed by atoms with Crippen molar-refractivity contribution < 1.29 is 18.3 Å². The molecule has 1 fully saturated rings. The number of aromatic nitrogens is 2. The van der Waals surface area contributed by atoms with E-state index >= 15 is 0 Å². The van der Waals surface area contributed by atoms with Crippen molar-refractivity contribution in [2.45, 2.75) is 6.42 Å². The Balaban J connectivity index is 1.37. The number of fused-ring (bicyclic) bond motifs is 1. The van der Waals surface area contributed by atoms with Gasteiger partial charge in [0.1, 0.15) is 29.5 Å². The molecule has 1 amide bonds. The van der Waals surface area contributed by atoms with Crippen LogP contribution in [0.4, 0.5) is 26.0 Å². The van der Waals surface area contributed by atoms with E-state index in [0.717, 1.165) is 45.2 Å². The third kappa shape index (κ3) is 7.03. The van der Waals surface area contributed by atoms with Gasteiger partial charge in [-0.2, -0.15) is 0 Å². The number of hydrogen-bond acceptors (Lipinski definition) is 7. The van der Waals surface area contributed by atoms with Crippen molar-refractivity contribution in [2.75, 3.05) is 57.0 Å². The molecular weight excluding hydrogens is 526 g/mol. The first kappa shape index (κ1) is 28.1. The number of hydrogen-bond donors (Lipinski definition) is 2. The number of rotatable bonds is 10. The summed E-state index contributed by atoms with van der Waals surface area (Å²) in [7, 11) is 2.13. The lowest BCUT2D eigenvalue weighted by molar-refractivity contribution is -0.111. The van der Waals surface area contributed by atoms with E-state index in [1.165, 1.54) is 24.5 Å². The molecule has 0 radical (unpaired) electrons. The van der Waals surface area contributed by atoms with E-state index in [4.69, 9.17) is 4.74 Å². The normalized spacial score (nSPS) is 14.1. The van der Waals surface area contributed by atoms with E-state index in [2.05, 4.69) is 44.0 Å². The lowest BCUT2D eigenvalue weighted by Gasteiger charge is -2.32. The van der Waals surface area contributed by atoms with Crippen LogP contribution in [-0.4, -0.2) is 72.1 Å². The number of piperazine rings is 1. The van der Waals surface area contributed by atoms with Crippen LogP contribution in [0.3, 0.4) is 0 Å². The molecule has 4 aromatic rings. The lowest BCUT2D eigenvalue weighted by Crippen LogP contribution is -2.44. The van der Waals surface area contributed by atoms with E-state index in [1.807, 2.05) is 6.07 Å². The monoisotopic (exact) mass is 558 g/mol. The second-order valence-electron chi connectivity index (χ2n) is 9.96. The van der Waals surface area contributed by atoms with Crippen LogP contribution >= 0.6 is 0 Å². The van der Waals surface area contributed by atoms with Gasteiger partial charge in [-0.05, 0) is 55.4 Å². The second kappa shape index (κ2) is 12.8. The van der Waals surface area contributed by atoms with Crippen molar-refractivity contribution in [3.05, 3.63) is 85.2 Å². The van der Waals surface area contributed by atoms with Gasteiger partial charge in [-0.3, -0.25) is 4.79 Å². The summed E-state index contributed by atoms with van der Waals surface area (Å²) in [4.78, 5) is 25.8. The molecule has 1 aliphatic heterocycles. The summed E-state index contributed by atoms with van der Waals surface area (Å²) in [6.07, 6.45) is 3.48. The molecular formula is C31H32F2N6O2. The molecule has 0 bridgehead atoms. The summed E-state index contributed by atoms with van der Waals surface area (Å²) in [6.45, 7) is 9.18. The fraction of sp³-hybridized carbons (Fsp3) is 0.258. The highest BCUT2D eigenvalue weighted by Gasteiger charge is 2.16. The van der Waals surface area contributed by atoms with Crippen molar-refractivity contribution in [1.29, 1.82) is 0 Å². The molecule has 3 aromatic carbocycles. The molecule has 0 atom stereocenters. The number of benzene rings is 3. The fourth-order valence-electron chi connectivity index (χ4n) is 4.75. The predicted molar refractivity (Wildman–Crippen MR) is 157 cm³/mol. The number of nitrogens with one attached hydrogen (secondary N) is 2. The molecule has 1 aromatic heterocycles. The van der Waals surface area contributed by atoms with E-state index in [1.54, 1.807) is 30.3 Å². The van der Waals surface area contributed by atoms with E-state index < -0.39 is 11.6 Å². The van der Waals surface area contributed by atoms with Gasteiger partial charge in [0.05, 0.1) is 17.8 Å². The van der Waals surface area contributed by atoms with Gasteiger partial charge < -0.3 is 25.2 Å². The standard InChI is InChI=1S/C31H32F2N6O2/c1-3-30(40)37-28-18-25-27(19-29(28)41-15-5-10-39-13-11-38(2)12-14-39)34-20-35-31(25)36-23-7-4-6-21(16-23)24-9-8-22(32)17-26(24)33/h3-4,6-9,16-20H,1,5,10-15H2,2H3,(H,37,40)(H,34,35,36). The zero-order valence-corrected chi connectivity index (χ0v) is 22.9. The zero-order valence-electron chi connectivity index (χ0n) is 22.9. The first-order valence-electron chi connectivity index (χ1n) is 13.5. The van der Waals surface area contributed by atoms with Crippen LogP contribution in [-0.2, 0) is 4.79 Å². The molecule has 41 heavy (non-hydrogen) atoms. The maximum Gasteiger partial charge on any atom is 0.247 e. The average molecular weight is 559 g/mol. The second-order valence-corrected chi connectivity index (χ2v) is 9.96. The van der Waals surface area contributed by atoms with Gasteiger partial charge in [-0.15, -0.1) is 0 Å². The Morgan fingerprint density at radius 1 is 1.07 bits per heavy atom. The Labute approximate surface area is 237 Å². The highest BCUT2D eigenvalue weighted by atomic mass is 19.1. The molecule has 0 spiro atoms. The van der Waals surface area contributed by atoms with Crippen LogP contribution in [0.25, 0.3) is 22.0 Å². The summed E-state index contributed by atoms with van der Waals surface area (Å²) >= 11 is 0. The molecule has 5 rings (SSSR count). The van der Waals surface area contributed by atoms with Crippen molar-refractivity contribution in [2.24, 2.45) is 0 Å². The molecule has 8 nitrogen and oxygen atoms in total. The quantitative estimate of drug-likeness (QED) is 0.198. The number of carbonyl (C=O) groups is 1. The van der Waals surface area contributed by atoms with Crippen molar-refractivity contribution >= 4 is 34.0 Å². The van der Waals surface area contributed by atoms with Gasteiger partial charge in [-0.1, -0.05) is 18.7 Å². The topological polar surface area (TPSA) is 82.6 Å². The van der Waals surface area contributed by atoms with Crippen LogP contribution < -0.4 is 15.4 Å². The largest absolute Gasteiger partial charge is 0.491 e. The summed E-state index contributed by atoms with van der Waals surface area (Å²) in [5.41, 5.74) is 2.60. The smallest absolute Gasteiger partial charge is 0.247 e. The Morgan fingerprint density at radius 2 is 1.90 bits per heavy atom. The molecule has 2 N–H and O–H groups in total. The minimum absolute atomic E-state index is 0.284. The third-order valence-electron chi connectivity index (χ3n) is 7.02. The van der Waals surface area contributed by atoms with E-state index in [9.17, 15) is 13.6 Å². The number of halogens is 2. The molecule has 2 heterocycles. The van der Waals surface area contributed by atoms with Crippen molar-refractivity contribution in [3.63, 3.8) is 0 Å². The number of ether oxygens (including phenoxy) is 1. The fourth-order valence-corrected chi connectivity index (χ4v) is 4.75. The maximum absolute atomic E-state index is 14.4. The number of nitrogens with zero attached hydrogens (tertiary/aromatic N) is 4. The first-order valence-corrected chi connectivity index (χ1v) is 13.5. The maximum atomic E-state index is 14.4. The first-order chi connectivity index (χ1) is 19.9. The Bertz CT molecular complexity index is 1560. The number of likely N-dealkylation sites (N-methyl/N-ethyl adjacent to an activating group) is 1. The Hall–Kier alpha value is -4.41. The third-order valence-corrected chi connectivity index (χ3v) is 7.02. The highest BCUT2D eigenvalue weighted by Crippen LogP contribution is 2.34. The molecule has 0 unspecified atom stereocenters. The van der Waals surface area contributed by atoms with Gasteiger partial charge in [0, 0.05) is 61.5 Å². The lowest BCUT2D eigenvalue weighted by atomic mass is 10.0. The SMILES string of the molecule is C=CC(=O)Nc1cc2c(Nc3cccc(-c4ccc(F)cc4F)c3)ncnc2cc1OCCCN1CCN(C)CC1. The predicted octanol–water partition coefficient (Wildman–Crippen LogP) is 5.46. The number of amides is 1. The minimum Gasteiger partial charge on any atom is -0.491 e. The van der Waals surface area contributed by atoms with Gasteiger partial charge in [-0.25, -0.2) is 18.7 Å². The van der Waals surface area contributed by atoms with Crippen LogP contribution in [0.5, 0.6) is 5.75 Å². The molecule has 0 saturated carbocycles. The van der Waals surface area contributed by atoms with Crippen molar-refractivity contribution in [1.82, 2.24) is 19.8 Å².